The van der Waals surface area contributed by atoms with E-state index in [1.807, 2.05) is 36.4 Å². The number of benzene rings is 2. The predicted molar refractivity (Wildman–Crippen MR) is 102 cm³/mol. The number of hydrogen-bond donors (Lipinski definition) is 1. The van der Waals surface area contributed by atoms with E-state index in [1.165, 1.54) is 0 Å². The zero-order valence-corrected chi connectivity index (χ0v) is 15.0. The van der Waals surface area contributed by atoms with E-state index in [4.69, 9.17) is 15.2 Å². The van der Waals surface area contributed by atoms with E-state index in [2.05, 4.69) is 32.9 Å². The molecule has 0 unspecified atom stereocenters. The second kappa shape index (κ2) is 6.32. The summed E-state index contributed by atoms with van der Waals surface area (Å²) in [6, 6.07) is 18.5. The lowest BCUT2D eigenvalue weighted by molar-refractivity contribution is 0.229. The number of para-hydroxylation sites is 3. The molecule has 0 spiro atoms. The molecule has 136 valence electrons. The van der Waals surface area contributed by atoms with Gasteiger partial charge in [-0.3, -0.25) is 4.57 Å². The number of rotatable bonds is 5. The van der Waals surface area contributed by atoms with Crippen LogP contribution in [0.15, 0.2) is 59.1 Å². The van der Waals surface area contributed by atoms with Crippen molar-refractivity contribution in [1.82, 2.24) is 19.7 Å². The Morgan fingerprint density at radius 1 is 0.963 bits per heavy atom. The van der Waals surface area contributed by atoms with Gasteiger partial charge in [0.2, 0.25) is 5.89 Å². The van der Waals surface area contributed by atoms with Gasteiger partial charge in [-0.25, -0.2) is 4.98 Å². The largest absolute Gasteiger partial charge is 0.339 e. The Balaban J connectivity index is 1.45. The van der Waals surface area contributed by atoms with Gasteiger partial charge in [-0.1, -0.05) is 35.5 Å². The van der Waals surface area contributed by atoms with E-state index < -0.39 is 0 Å². The highest BCUT2D eigenvalue weighted by Gasteiger charge is 2.38. The zero-order valence-electron chi connectivity index (χ0n) is 15.0. The molecule has 0 aliphatic heterocycles. The minimum absolute atomic E-state index is 0.390. The summed E-state index contributed by atoms with van der Waals surface area (Å²) >= 11 is 0. The van der Waals surface area contributed by atoms with Crippen LogP contribution < -0.4 is 5.73 Å². The molecular formula is C21H21N5O. The Morgan fingerprint density at radius 3 is 2.52 bits per heavy atom. The van der Waals surface area contributed by atoms with Gasteiger partial charge in [0.25, 0.3) is 0 Å². The van der Waals surface area contributed by atoms with Crippen LogP contribution in [0.5, 0.6) is 0 Å². The average Bonchev–Trinajstić information content (AvgIpc) is 3.29. The molecule has 1 aliphatic rings. The third-order valence-electron chi connectivity index (χ3n) is 5.37. The van der Waals surface area contributed by atoms with Gasteiger partial charge in [0.15, 0.2) is 5.82 Å². The van der Waals surface area contributed by atoms with E-state index in [1.54, 1.807) is 0 Å². The molecule has 0 bridgehead atoms. The Morgan fingerprint density at radius 2 is 1.74 bits per heavy atom. The molecule has 2 aromatic carbocycles. The number of nitrogens with two attached hydrogens (primary N) is 1. The number of nitrogens with zero attached hydrogens (tertiary/aromatic N) is 4. The Bertz CT molecular complexity index is 1080. The maximum absolute atomic E-state index is 6.29. The van der Waals surface area contributed by atoms with E-state index in [-0.39, 0.29) is 5.54 Å². The lowest BCUT2D eigenvalue weighted by Crippen LogP contribution is -2.44. The SMILES string of the molecule is NC1(c2noc(CCc3nc4ccccc4n3-c3ccccc3)n2)CCC1. The highest BCUT2D eigenvalue weighted by molar-refractivity contribution is 5.78. The summed E-state index contributed by atoms with van der Waals surface area (Å²) in [4.78, 5) is 9.37. The number of imidazole rings is 1. The second-order valence-corrected chi connectivity index (χ2v) is 7.21. The first-order valence-corrected chi connectivity index (χ1v) is 9.37. The maximum atomic E-state index is 6.29. The molecule has 0 saturated heterocycles. The summed E-state index contributed by atoms with van der Waals surface area (Å²) in [7, 11) is 0. The van der Waals surface area contributed by atoms with Gasteiger partial charge in [0.05, 0.1) is 16.6 Å². The topological polar surface area (TPSA) is 82.8 Å². The molecule has 0 amide bonds. The van der Waals surface area contributed by atoms with Crippen LogP contribution in [-0.4, -0.2) is 19.7 Å². The fourth-order valence-corrected chi connectivity index (χ4v) is 3.67. The summed E-state index contributed by atoms with van der Waals surface area (Å²) < 4.78 is 7.65. The Kier molecular flexibility index (Phi) is 3.79. The summed E-state index contributed by atoms with van der Waals surface area (Å²) in [6.45, 7) is 0. The van der Waals surface area contributed by atoms with Crippen molar-refractivity contribution in [2.75, 3.05) is 0 Å². The molecule has 2 N–H and O–H groups in total. The predicted octanol–water partition coefficient (Wildman–Crippen LogP) is 3.53. The van der Waals surface area contributed by atoms with E-state index in [0.717, 1.165) is 41.8 Å². The Hall–Kier alpha value is -2.99. The number of aromatic nitrogens is 4. The van der Waals surface area contributed by atoms with Crippen molar-refractivity contribution < 1.29 is 4.52 Å². The molecule has 4 aromatic rings. The summed E-state index contributed by atoms with van der Waals surface area (Å²) in [5.74, 6) is 2.24. The number of hydrogen-bond acceptors (Lipinski definition) is 5. The van der Waals surface area contributed by atoms with Crippen molar-refractivity contribution >= 4 is 11.0 Å². The summed E-state index contributed by atoms with van der Waals surface area (Å²) in [5, 5.41) is 4.11. The Labute approximate surface area is 157 Å². The van der Waals surface area contributed by atoms with Crippen LogP contribution in [0.3, 0.4) is 0 Å². The second-order valence-electron chi connectivity index (χ2n) is 7.21. The van der Waals surface area contributed by atoms with Crippen molar-refractivity contribution in [3.05, 3.63) is 72.1 Å². The first-order valence-electron chi connectivity index (χ1n) is 9.37. The lowest BCUT2D eigenvalue weighted by Gasteiger charge is -2.34. The lowest BCUT2D eigenvalue weighted by atomic mass is 9.77. The first-order chi connectivity index (χ1) is 13.2. The maximum Gasteiger partial charge on any atom is 0.227 e. The van der Waals surface area contributed by atoms with Crippen LogP contribution in [0.1, 0.15) is 36.8 Å². The smallest absolute Gasteiger partial charge is 0.227 e. The number of aryl methyl sites for hydroxylation is 2. The van der Waals surface area contributed by atoms with Crippen LogP contribution in [-0.2, 0) is 18.4 Å². The summed E-state index contributed by atoms with van der Waals surface area (Å²) in [6.07, 6.45) is 4.33. The molecule has 2 aromatic heterocycles. The highest BCUT2D eigenvalue weighted by atomic mass is 16.5. The van der Waals surface area contributed by atoms with E-state index in [9.17, 15) is 0 Å². The molecule has 0 atom stereocenters. The minimum atomic E-state index is -0.390. The van der Waals surface area contributed by atoms with Crippen LogP contribution in [0, 0.1) is 0 Å². The third kappa shape index (κ3) is 2.82. The molecule has 0 radical (unpaired) electrons. The normalized spacial score (nSPS) is 15.7. The fraction of sp³-hybridized carbons (Fsp3) is 0.286. The van der Waals surface area contributed by atoms with Gasteiger partial charge >= 0.3 is 0 Å². The quantitative estimate of drug-likeness (QED) is 0.589. The molecular weight excluding hydrogens is 338 g/mol. The van der Waals surface area contributed by atoms with Crippen LogP contribution in [0.25, 0.3) is 16.7 Å². The van der Waals surface area contributed by atoms with Gasteiger partial charge < -0.3 is 10.3 Å². The standard InChI is InChI=1S/C21H21N5O/c22-21(13-6-14-21)20-24-19(27-25-20)12-11-18-23-16-9-4-5-10-17(16)26(18)15-7-2-1-3-8-15/h1-5,7-10H,6,11-14,22H2. The zero-order chi connectivity index (χ0) is 18.3. The third-order valence-corrected chi connectivity index (χ3v) is 5.37. The van der Waals surface area contributed by atoms with E-state index in [0.29, 0.717) is 24.6 Å². The average molecular weight is 359 g/mol. The van der Waals surface area contributed by atoms with Crippen molar-refractivity contribution in [1.29, 1.82) is 0 Å². The van der Waals surface area contributed by atoms with E-state index >= 15 is 0 Å². The van der Waals surface area contributed by atoms with Crippen molar-refractivity contribution in [3.8, 4) is 5.69 Å². The van der Waals surface area contributed by atoms with Gasteiger partial charge in [0.1, 0.15) is 5.82 Å². The highest BCUT2D eigenvalue weighted by Crippen LogP contribution is 2.36. The monoisotopic (exact) mass is 359 g/mol. The molecule has 27 heavy (non-hydrogen) atoms. The molecule has 1 aliphatic carbocycles. The summed E-state index contributed by atoms with van der Waals surface area (Å²) in [5.41, 5.74) is 9.09. The van der Waals surface area contributed by atoms with Crippen LogP contribution in [0.2, 0.25) is 0 Å². The van der Waals surface area contributed by atoms with Gasteiger partial charge in [-0.2, -0.15) is 4.98 Å². The molecule has 6 heteroatoms. The van der Waals surface area contributed by atoms with Gasteiger partial charge in [0, 0.05) is 18.5 Å². The number of fused-ring (bicyclic) bond motifs is 1. The minimum Gasteiger partial charge on any atom is -0.339 e. The van der Waals surface area contributed by atoms with Crippen molar-refractivity contribution in [2.24, 2.45) is 5.73 Å². The van der Waals surface area contributed by atoms with Crippen molar-refractivity contribution in [2.45, 2.75) is 37.6 Å². The molecule has 1 saturated carbocycles. The van der Waals surface area contributed by atoms with Crippen LogP contribution >= 0.6 is 0 Å². The fourth-order valence-electron chi connectivity index (χ4n) is 3.67. The van der Waals surface area contributed by atoms with Crippen molar-refractivity contribution in [3.63, 3.8) is 0 Å². The molecule has 6 nitrogen and oxygen atoms in total. The van der Waals surface area contributed by atoms with Crippen LogP contribution in [0.4, 0.5) is 0 Å². The van der Waals surface area contributed by atoms with Gasteiger partial charge in [-0.15, -0.1) is 0 Å². The van der Waals surface area contributed by atoms with Gasteiger partial charge in [-0.05, 0) is 43.5 Å². The molecule has 1 fully saturated rings. The first kappa shape index (κ1) is 16.2. The molecule has 5 rings (SSSR count). The molecule has 2 heterocycles.